The van der Waals surface area contributed by atoms with Crippen molar-refractivity contribution in [1.29, 1.82) is 5.26 Å². The van der Waals surface area contributed by atoms with Crippen molar-refractivity contribution >= 4 is 39.6 Å². The summed E-state index contributed by atoms with van der Waals surface area (Å²) in [6, 6.07) is 25.4. The van der Waals surface area contributed by atoms with Crippen molar-refractivity contribution in [2.24, 2.45) is 0 Å². The Morgan fingerprint density at radius 2 is 1.85 bits per heavy atom. The molecule has 0 bridgehead atoms. The number of benzene rings is 4. The molecule has 5 aromatic rings. The Labute approximate surface area is 239 Å². The molecule has 0 saturated heterocycles. The first-order valence-electron chi connectivity index (χ1n) is 12.6. The zero-order valence-electron chi connectivity index (χ0n) is 21.8. The monoisotopic (exact) mass is 568 g/mol. The predicted molar refractivity (Wildman–Crippen MR) is 154 cm³/mol. The number of halogens is 2. The Balaban J connectivity index is 1.77. The van der Waals surface area contributed by atoms with Crippen LogP contribution < -0.4 is 9.80 Å². The van der Waals surface area contributed by atoms with E-state index < -0.39 is 4.92 Å². The third kappa shape index (κ3) is 5.79. The van der Waals surface area contributed by atoms with Gasteiger partial charge in [-0.15, -0.1) is 0 Å². The van der Waals surface area contributed by atoms with E-state index in [1.165, 1.54) is 35.5 Å². The van der Waals surface area contributed by atoms with Gasteiger partial charge in [-0.05, 0) is 48.4 Å². The third-order valence-electron chi connectivity index (χ3n) is 6.27. The molecule has 8 nitrogen and oxygen atoms in total. The molecule has 0 aliphatic rings. The van der Waals surface area contributed by atoms with Crippen molar-refractivity contribution < 1.29 is 18.9 Å². The number of nitro benzene ring substituents is 1. The van der Waals surface area contributed by atoms with E-state index in [1.807, 2.05) is 30.3 Å². The van der Waals surface area contributed by atoms with E-state index in [9.17, 15) is 19.8 Å². The molecule has 0 N–H and O–H groups in total. The summed E-state index contributed by atoms with van der Waals surface area (Å²) < 4.78 is 19.1. The van der Waals surface area contributed by atoms with E-state index in [0.717, 1.165) is 11.1 Å². The number of aromatic nitrogens is 1. The van der Waals surface area contributed by atoms with Gasteiger partial charge >= 0.3 is 5.69 Å². The summed E-state index contributed by atoms with van der Waals surface area (Å²) in [5.74, 6) is -0.326. The van der Waals surface area contributed by atoms with Gasteiger partial charge in [-0.1, -0.05) is 54.1 Å². The molecule has 204 valence electrons. The number of anilines is 2. The number of ether oxygens (including phenoxy) is 1. The number of rotatable bonds is 9. The highest BCUT2D eigenvalue weighted by Crippen LogP contribution is 2.43. The fourth-order valence-electron chi connectivity index (χ4n) is 4.43. The maximum atomic E-state index is 13.6. The smallest absolute Gasteiger partial charge is 0.311 e. The SMILES string of the molecule is CCOc1cc2ncc(C#N)c(N(OCc3ccc(F)cc3)c3ccccc3-c3cccc(Cl)c3)c2cc1[N+](=O)[O-]. The van der Waals surface area contributed by atoms with Crippen LogP contribution in [0.5, 0.6) is 5.75 Å². The van der Waals surface area contributed by atoms with Crippen molar-refractivity contribution in [1.82, 2.24) is 4.98 Å². The van der Waals surface area contributed by atoms with E-state index in [2.05, 4.69) is 11.1 Å². The van der Waals surface area contributed by atoms with E-state index in [0.29, 0.717) is 27.2 Å². The van der Waals surface area contributed by atoms with Crippen LogP contribution in [-0.4, -0.2) is 16.5 Å². The van der Waals surface area contributed by atoms with Crippen LogP contribution in [-0.2, 0) is 11.4 Å². The molecule has 4 aromatic carbocycles. The second-order valence-corrected chi connectivity index (χ2v) is 9.32. The largest absolute Gasteiger partial charge is 0.487 e. The van der Waals surface area contributed by atoms with Gasteiger partial charge in [-0.25, -0.2) is 9.45 Å². The Kier molecular flexibility index (Phi) is 8.06. The van der Waals surface area contributed by atoms with Gasteiger partial charge in [0.25, 0.3) is 0 Å². The van der Waals surface area contributed by atoms with Gasteiger partial charge in [0.1, 0.15) is 18.5 Å². The first kappa shape index (κ1) is 27.5. The summed E-state index contributed by atoms with van der Waals surface area (Å²) in [7, 11) is 0. The quantitative estimate of drug-likeness (QED) is 0.131. The van der Waals surface area contributed by atoms with Gasteiger partial charge in [0.2, 0.25) is 0 Å². The molecular formula is C31H22ClFN4O4. The number of nitriles is 1. The molecule has 0 aliphatic carbocycles. The Hall–Kier alpha value is -5.04. The van der Waals surface area contributed by atoms with Crippen LogP contribution in [0.15, 0.2) is 91.1 Å². The van der Waals surface area contributed by atoms with Crippen molar-refractivity contribution in [3.63, 3.8) is 0 Å². The van der Waals surface area contributed by atoms with E-state index in [1.54, 1.807) is 37.3 Å². The predicted octanol–water partition coefficient (Wildman–Crippen LogP) is 8.14. The summed E-state index contributed by atoms with van der Waals surface area (Å²) in [5, 5.41) is 24.4. The van der Waals surface area contributed by atoms with Crippen LogP contribution in [0.3, 0.4) is 0 Å². The first-order valence-corrected chi connectivity index (χ1v) is 12.9. The molecule has 41 heavy (non-hydrogen) atoms. The zero-order chi connectivity index (χ0) is 28.9. The van der Waals surface area contributed by atoms with E-state index in [4.69, 9.17) is 21.2 Å². The zero-order valence-corrected chi connectivity index (χ0v) is 22.5. The van der Waals surface area contributed by atoms with Crippen molar-refractivity contribution in [3.05, 3.63) is 123 Å². The lowest BCUT2D eigenvalue weighted by Gasteiger charge is -2.28. The lowest BCUT2D eigenvalue weighted by atomic mass is 10.0. The highest BCUT2D eigenvalue weighted by molar-refractivity contribution is 6.30. The Morgan fingerprint density at radius 3 is 2.56 bits per heavy atom. The maximum Gasteiger partial charge on any atom is 0.311 e. The van der Waals surface area contributed by atoms with Crippen molar-refractivity contribution in [3.8, 4) is 22.9 Å². The van der Waals surface area contributed by atoms with Crippen molar-refractivity contribution in [2.45, 2.75) is 13.5 Å². The minimum absolute atomic E-state index is 0.00202. The normalized spacial score (nSPS) is 10.8. The van der Waals surface area contributed by atoms with Crippen LogP contribution in [0.25, 0.3) is 22.0 Å². The van der Waals surface area contributed by atoms with Gasteiger partial charge in [0.05, 0.1) is 34.0 Å². The summed E-state index contributed by atoms with van der Waals surface area (Å²) in [4.78, 5) is 22.2. The molecule has 0 radical (unpaired) electrons. The minimum Gasteiger partial charge on any atom is -0.487 e. The molecule has 0 fully saturated rings. The highest BCUT2D eigenvalue weighted by Gasteiger charge is 2.26. The standard InChI is InChI=1S/C31H22ClFN4O4/c1-2-40-30-16-27-26(15-29(30)37(38)39)31(22(17-34)18-35-27)36(41-19-20-10-12-24(33)13-11-20)28-9-4-3-8-25(28)21-6-5-7-23(32)14-21/h3-16,18H,2,19H2,1H3. The summed E-state index contributed by atoms with van der Waals surface area (Å²) in [5.41, 5.74) is 3.17. The van der Waals surface area contributed by atoms with Gasteiger partial charge in [0, 0.05) is 34.3 Å². The lowest BCUT2D eigenvalue weighted by Crippen LogP contribution is -2.20. The molecule has 0 aliphatic heterocycles. The first-order chi connectivity index (χ1) is 19.9. The van der Waals surface area contributed by atoms with Gasteiger partial charge in [-0.2, -0.15) is 5.26 Å². The Morgan fingerprint density at radius 1 is 1.07 bits per heavy atom. The Bertz CT molecular complexity index is 1790. The summed E-state index contributed by atoms with van der Waals surface area (Å²) in [6.45, 7) is 1.94. The van der Waals surface area contributed by atoms with Crippen LogP contribution in [0.1, 0.15) is 18.1 Å². The van der Waals surface area contributed by atoms with Gasteiger partial charge in [0.15, 0.2) is 5.75 Å². The maximum absolute atomic E-state index is 13.6. The van der Waals surface area contributed by atoms with E-state index >= 15 is 0 Å². The van der Waals surface area contributed by atoms with Crippen LogP contribution in [0.4, 0.5) is 21.5 Å². The van der Waals surface area contributed by atoms with Gasteiger partial charge in [-0.3, -0.25) is 19.9 Å². The summed E-state index contributed by atoms with van der Waals surface area (Å²) in [6.07, 6.45) is 1.38. The number of para-hydroxylation sites is 1. The fourth-order valence-corrected chi connectivity index (χ4v) is 4.62. The molecule has 0 unspecified atom stereocenters. The second kappa shape index (κ2) is 12.0. The number of hydrogen-bond donors (Lipinski definition) is 0. The molecular weight excluding hydrogens is 547 g/mol. The number of hydrogen-bond acceptors (Lipinski definition) is 7. The summed E-state index contributed by atoms with van der Waals surface area (Å²) >= 11 is 6.31. The third-order valence-corrected chi connectivity index (χ3v) is 6.51. The molecule has 0 atom stereocenters. The van der Waals surface area contributed by atoms with Crippen LogP contribution in [0.2, 0.25) is 5.02 Å². The highest BCUT2D eigenvalue weighted by atomic mass is 35.5. The average molecular weight is 569 g/mol. The number of fused-ring (bicyclic) bond motifs is 1. The lowest BCUT2D eigenvalue weighted by molar-refractivity contribution is -0.385. The molecule has 1 aromatic heterocycles. The number of pyridine rings is 1. The average Bonchev–Trinajstić information content (AvgIpc) is 2.98. The minimum atomic E-state index is -0.545. The molecule has 1 heterocycles. The van der Waals surface area contributed by atoms with Crippen molar-refractivity contribution in [2.75, 3.05) is 11.7 Å². The van der Waals surface area contributed by atoms with Crippen LogP contribution >= 0.6 is 11.6 Å². The van der Waals surface area contributed by atoms with Crippen LogP contribution in [0, 0.1) is 27.3 Å². The molecule has 0 amide bonds. The topological polar surface area (TPSA) is 102 Å². The number of nitrogens with zero attached hydrogens (tertiary/aromatic N) is 4. The molecule has 10 heteroatoms. The fraction of sp³-hybridized carbons (Fsp3) is 0.0968. The molecule has 0 saturated carbocycles. The number of nitro groups is 1. The molecule has 5 rings (SSSR count). The molecule has 0 spiro atoms. The van der Waals surface area contributed by atoms with E-state index in [-0.39, 0.29) is 41.7 Å². The van der Waals surface area contributed by atoms with Gasteiger partial charge < -0.3 is 4.74 Å². The second-order valence-electron chi connectivity index (χ2n) is 8.88.